The molecule has 0 amide bonds. The number of aromatic amines is 1. The summed E-state index contributed by atoms with van der Waals surface area (Å²) >= 11 is 0. The number of nitrogens with one attached hydrogen (secondary N) is 1. The van der Waals surface area contributed by atoms with Gasteiger partial charge in [0.15, 0.2) is 16.1 Å². The SMILES string of the molecule is CCCCCCCCCCCCS(=O)(=O)CC(COP(=O)(O)O[C@H]1O[C@@H](n2cc(C)c(=O)[nH]c2=O)C[C@@H]1N=[N+]=[N-])OCCCCCCCCCC. The van der Waals surface area contributed by atoms with Gasteiger partial charge in [-0.05, 0) is 25.3 Å². The van der Waals surface area contributed by atoms with Crippen molar-refractivity contribution in [2.45, 2.75) is 167 Å². The minimum Gasteiger partial charge on any atom is -0.375 e. The largest absolute Gasteiger partial charge is 0.474 e. The molecule has 1 aromatic rings. The van der Waals surface area contributed by atoms with E-state index in [0.29, 0.717) is 12.8 Å². The number of ether oxygens (including phenoxy) is 2. The number of unbranched alkanes of at least 4 members (excludes halogenated alkanes) is 16. The number of phosphoric acid groups is 1. The predicted molar refractivity (Wildman–Crippen MR) is 197 cm³/mol. The third kappa shape index (κ3) is 19.0. The van der Waals surface area contributed by atoms with E-state index in [9.17, 15) is 27.5 Å². The molecule has 2 N–H and O–H groups in total. The molecule has 0 radical (unpaired) electrons. The summed E-state index contributed by atoms with van der Waals surface area (Å²) in [4.78, 5) is 39.7. The van der Waals surface area contributed by atoms with Gasteiger partial charge in [-0.15, -0.1) is 0 Å². The molecule has 1 aliphatic heterocycles. The first-order chi connectivity index (χ1) is 24.4. The minimum absolute atomic E-state index is 0.0108. The molecule has 1 aromatic heterocycles. The van der Waals surface area contributed by atoms with Crippen LogP contribution in [0.25, 0.3) is 10.4 Å². The van der Waals surface area contributed by atoms with Crippen molar-refractivity contribution >= 4 is 17.7 Å². The maximum Gasteiger partial charge on any atom is 0.474 e. The third-order valence-corrected chi connectivity index (χ3v) is 11.7. The van der Waals surface area contributed by atoms with Crippen LogP contribution in [0, 0.1) is 6.92 Å². The van der Waals surface area contributed by atoms with Crippen molar-refractivity contribution in [3.63, 3.8) is 0 Å². The number of hydrogen-bond donors (Lipinski definition) is 2. The van der Waals surface area contributed by atoms with Crippen molar-refractivity contribution in [3.05, 3.63) is 43.0 Å². The van der Waals surface area contributed by atoms with Gasteiger partial charge in [0.25, 0.3) is 5.56 Å². The van der Waals surface area contributed by atoms with Crippen LogP contribution in [-0.2, 0) is 32.9 Å². The molecule has 5 atom stereocenters. The van der Waals surface area contributed by atoms with Gasteiger partial charge in [0.2, 0.25) is 0 Å². The first-order valence-electron chi connectivity index (χ1n) is 18.9. The van der Waals surface area contributed by atoms with E-state index in [2.05, 4.69) is 28.9 Å². The third-order valence-electron chi connectivity index (χ3n) is 8.97. The van der Waals surface area contributed by atoms with Crippen LogP contribution in [0.1, 0.15) is 148 Å². The summed E-state index contributed by atoms with van der Waals surface area (Å²) in [5, 5.41) is 3.58. The first-order valence-corrected chi connectivity index (χ1v) is 22.2. The Bertz CT molecular complexity index is 1450. The normalized spacial score (nSPS) is 19.5. The summed E-state index contributed by atoms with van der Waals surface area (Å²) in [5.74, 6) is -0.386. The lowest BCUT2D eigenvalue weighted by Gasteiger charge is -2.23. The number of aromatic nitrogens is 2. The summed E-state index contributed by atoms with van der Waals surface area (Å²) in [5.41, 5.74) is 7.91. The molecule has 15 nitrogen and oxygen atoms in total. The first kappa shape index (κ1) is 45.1. The Morgan fingerprint density at radius 3 is 2.10 bits per heavy atom. The van der Waals surface area contributed by atoms with Crippen LogP contribution in [0.3, 0.4) is 0 Å². The monoisotopic (exact) mass is 763 g/mol. The lowest BCUT2D eigenvalue weighted by Crippen LogP contribution is -2.33. The Morgan fingerprint density at radius 2 is 1.53 bits per heavy atom. The quantitative estimate of drug-likeness (QED) is 0.0255. The molecule has 1 aliphatic rings. The number of rotatable bonds is 30. The number of hydrogen-bond acceptors (Lipinski definition) is 10. The van der Waals surface area contributed by atoms with Crippen LogP contribution in [0.15, 0.2) is 20.9 Å². The number of sulfone groups is 1. The van der Waals surface area contributed by atoms with Gasteiger partial charge in [-0.2, -0.15) is 0 Å². The summed E-state index contributed by atoms with van der Waals surface area (Å²) in [6, 6.07) is -1.11. The Balaban J connectivity index is 1.95. The smallest absolute Gasteiger partial charge is 0.375 e. The standard InChI is InChI=1S/C34H62N5O10PS/c1-4-6-8-10-12-14-15-17-19-21-23-51(44,45)27-29(46-22-20-18-16-13-11-9-7-5-2)26-47-50(42,43)49-33-30(37-38-35)24-31(48-33)39-25-28(3)32(40)36-34(39)41/h25,29-31,33H,4-24,26-27H2,1-3H3,(H,42,43)(H,36,40,41)/t29?,30-,31+,33+/m0/s1. The van der Waals surface area contributed by atoms with E-state index in [0.717, 1.165) is 49.5 Å². The van der Waals surface area contributed by atoms with E-state index < -0.39 is 60.2 Å². The molecular weight excluding hydrogens is 701 g/mol. The zero-order valence-electron chi connectivity index (χ0n) is 30.9. The fourth-order valence-corrected chi connectivity index (χ4v) is 8.44. The second-order valence-corrected chi connectivity index (χ2v) is 17.2. The number of nitrogens with zero attached hydrogens (tertiary/aromatic N) is 4. The van der Waals surface area contributed by atoms with E-state index in [1.807, 2.05) is 0 Å². The average molecular weight is 764 g/mol. The molecular formula is C34H62N5O10PS. The fraction of sp³-hybridized carbons (Fsp3) is 0.882. The molecule has 17 heteroatoms. The van der Waals surface area contributed by atoms with E-state index >= 15 is 0 Å². The zero-order chi connectivity index (χ0) is 37.5. The van der Waals surface area contributed by atoms with Crippen molar-refractivity contribution in [1.82, 2.24) is 9.55 Å². The van der Waals surface area contributed by atoms with E-state index in [1.165, 1.54) is 70.9 Å². The van der Waals surface area contributed by atoms with E-state index in [4.69, 9.17) is 24.1 Å². The molecule has 2 heterocycles. The number of azide groups is 1. The number of H-pyrrole nitrogens is 1. The maximum absolute atomic E-state index is 13.1. The lowest BCUT2D eigenvalue weighted by atomic mass is 10.1. The molecule has 1 saturated heterocycles. The molecule has 0 aliphatic carbocycles. The summed E-state index contributed by atoms with van der Waals surface area (Å²) in [7, 11) is -8.47. The van der Waals surface area contributed by atoms with Crippen molar-refractivity contribution in [3.8, 4) is 0 Å². The molecule has 2 unspecified atom stereocenters. The predicted octanol–water partition coefficient (Wildman–Crippen LogP) is 7.76. The van der Waals surface area contributed by atoms with Crippen LogP contribution < -0.4 is 11.2 Å². The molecule has 1 fully saturated rings. The van der Waals surface area contributed by atoms with Gasteiger partial charge >= 0.3 is 13.5 Å². The minimum atomic E-state index is -4.91. The van der Waals surface area contributed by atoms with Gasteiger partial charge in [-0.3, -0.25) is 23.4 Å². The molecule has 0 saturated carbocycles. The van der Waals surface area contributed by atoms with Gasteiger partial charge < -0.3 is 14.4 Å². The zero-order valence-corrected chi connectivity index (χ0v) is 32.6. The highest BCUT2D eigenvalue weighted by Crippen LogP contribution is 2.48. The molecule has 0 spiro atoms. The van der Waals surface area contributed by atoms with Gasteiger partial charge in [-0.25, -0.2) is 17.8 Å². The summed E-state index contributed by atoms with van der Waals surface area (Å²) in [6.45, 7) is 5.59. The Labute approximate surface area is 303 Å². The molecule has 51 heavy (non-hydrogen) atoms. The van der Waals surface area contributed by atoms with Crippen molar-refractivity contribution in [1.29, 1.82) is 0 Å². The Hall–Kier alpha value is -2.03. The van der Waals surface area contributed by atoms with Crippen LogP contribution in [0.4, 0.5) is 0 Å². The van der Waals surface area contributed by atoms with E-state index in [-0.39, 0.29) is 30.1 Å². The Kier molecular flexibility index (Phi) is 22.2. The highest BCUT2D eigenvalue weighted by atomic mass is 32.2. The molecule has 2 rings (SSSR count). The Morgan fingerprint density at radius 1 is 0.980 bits per heavy atom. The van der Waals surface area contributed by atoms with Gasteiger partial charge in [0.1, 0.15) is 6.23 Å². The van der Waals surface area contributed by atoms with Crippen molar-refractivity contribution in [2.75, 3.05) is 24.7 Å². The molecule has 0 aromatic carbocycles. The fourth-order valence-electron chi connectivity index (χ4n) is 6.01. The lowest BCUT2D eigenvalue weighted by molar-refractivity contribution is -0.116. The number of aryl methyl sites for hydroxylation is 1. The van der Waals surface area contributed by atoms with Gasteiger partial charge in [0.05, 0.1) is 30.3 Å². The van der Waals surface area contributed by atoms with Crippen LogP contribution in [-0.4, -0.2) is 66.0 Å². The van der Waals surface area contributed by atoms with E-state index in [1.54, 1.807) is 0 Å². The topological polar surface area (TPSA) is 212 Å². The van der Waals surface area contributed by atoms with Gasteiger partial charge in [-0.1, -0.05) is 122 Å². The summed E-state index contributed by atoms with van der Waals surface area (Å²) in [6.07, 6.45) is 16.9. The van der Waals surface area contributed by atoms with Crippen LogP contribution in [0.5, 0.6) is 0 Å². The second kappa shape index (κ2) is 25.1. The van der Waals surface area contributed by atoms with Crippen molar-refractivity contribution in [2.24, 2.45) is 5.11 Å². The van der Waals surface area contributed by atoms with Crippen LogP contribution >= 0.6 is 7.82 Å². The average Bonchev–Trinajstić information content (AvgIpc) is 3.46. The highest BCUT2D eigenvalue weighted by Gasteiger charge is 2.42. The number of phosphoric ester groups is 1. The van der Waals surface area contributed by atoms with Gasteiger partial charge in [0, 0.05) is 29.7 Å². The second-order valence-electron chi connectivity index (χ2n) is 13.6. The van der Waals surface area contributed by atoms with Crippen molar-refractivity contribution < 1.29 is 36.4 Å². The van der Waals surface area contributed by atoms with Crippen LogP contribution in [0.2, 0.25) is 0 Å². The maximum atomic E-state index is 13.1. The molecule has 0 bridgehead atoms. The highest BCUT2D eigenvalue weighted by molar-refractivity contribution is 7.91. The molecule has 294 valence electrons. The summed E-state index contributed by atoms with van der Waals surface area (Å²) < 4.78 is 62.3.